The van der Waals surface area contributed by atoms with E-state index < -0.39 is 5.91 Å². The maximum atomic E-state index is 12.2. The van der Waals surface area contributed by atoms with E-state index in [0.29, 0.717) is 17.4 Å². The van der Waals surface area contributed by atoms with Crippen molar-refractivity contribution in [1.82, 2.24) is 15.3 Å². The summed E-state index contributed by atoms with van der Waals surface area (Å²) in [6.45, 7) is 2.37. The fourth-order valence-corrected chi connectivity index (χ4v) is 2.26. The van der Waals surface area contributed by atoms with Gasteiger partial charge >= 0.3 is 0 Å². The molecule has 110 valence electrons. The van der Waals surface area contributed by atoms with Crippen molar-refractivity contribution in [3.8, 4) is 5.75 Å². The van der Waals surface area contributed by atoms with Crippen LogP contribution in [0.4, 0.5) is 0 Å². The fraction of sp³-hybridized carbons (Fsp3) is 0.118. The molecule has 0 radical (unpaired) electrons. The van der Waals surface area contributed by atoms with Crippen LogP contribution in [0.5, 0.6) is 5.75 Å². The number of amides is 1. The average molecular weight is 293 g/mol. The van der Waals surface area contributed by atoms with E-state index in [4.69, 9.17) is 0 Å². The van der Waals surface area contributed by atoms with Gasteiger partial charge in [-0.15, -0.1) is 0 Å². The third-order valence-electron chi connectivity index (χ3n) is 3.54. The van der Waals surface area contributed by atoms with Gasteiger partial charge in [0.15, 0.2) is 11.4 Å². The Labute approximate surface area is 127 Å². The molecule has 0 unspecified atom stereocenters. The first kappa shape index (κ1) is 14.0. The van der Waals surface area contributed by atoms with Crippen LogP contribution >= 0.6 is 0 Å². The van der Waals surface area contributed by atoms with E-state index in [-0.39, 0.29) is 11.4 Å². The third-order valence-corrected chi connectivity index (χ3v) is 3.54. The summed E-state index contributed by atoms with van der Waals surface area (Å²) in [5, 5.41) is 13.6. The van der Waals surface area contributed by atoms with E-state index >= 15 is 0 Å². The molecule has 0 aliphatic carbocycles. The van der Waals surface area contributed by atoms with Crippen LogP contribution in [0, 0.1) is 6.92 Å². The summed E-state index contributed by atoms with van der Waals surface area (Å²) in [7, 11) is 0. The Bertz CT molecular complexity index is 846. The largest absolute Gasteiger partial charge is 0.504 e. The Morgan fingerprint density at radius 3 is 2.82 bits per heavy atom. The van der Waals surface area contributed by atoms with Gasteiger partial charge in [0.2, 0.25) is 0 Å². The molecule has 0 aliphatic heterocycles. The minimum atomic E-state index is -0.423. The Hall–Kier alpha value is -2.95. The van der Waals surface area contributed by atoms with Gasteiger partial charge in [-0.3, -0.25) is 9.78 Å². The highest BCUT2D eigenvalue weighted by Gasteiger charge is 2.16. The van der Waals surface area contributed by atoms with Crippen molar-refractivity contribution in [1.29, 1.82) is 0 Å². The number of hydrogen-bond donors (Lipinski definition) is 2. The highest BCUT2D eigenvalue weighted by molar-refractivity contribution is 6.00. The maximum absolute atomic E-state index is 12.2. The molecular formula is C17H15N3O2. The summed E-state index contributed by atoms with van der Waals surface area (Å²) in [6.07, 6.45) is 3.10. The first-order chi connectivity index (χ1) is 10.7. The van der Waals surface area contributed by atoms with Crippen LogP contribution in [0.25, 0.3) is 10.9 Å². The smallest absolute Gasteiger partial charge is 0.274 e. The highest BCUT2D eigenvalue weighted by atomic mass is 16.3. The second-order valence-corrected chi connectivity index (χ2v) is 5.01. The minimum Gasteiger partial charge on any atom is -0.504 e. The molecular weight excluding hydrogens is 278 g/mol. The molecule has 2 N–H and O–H groups in total. The van der Waals surface area contributed by atoms with Gasteiger partial charge in [-0.1, -0.05) is 24.3 Å². The number of rotatable bonds is 3. The predicted octanol–water partition coefficient (Wildman–Crippen LogP) is 2.57. The van der Waals surface area contributed by atoms with Gasteiger partial charge in [-0.2, -0.15) is 0 Å². The number of nitrogens with one attached hydrogen (secondary N) is 1. The van der Waals surface area contributed by atoms with Crippen molar-refractivity contribution in [2.24, 2.45) is 0 Å². The van der Waals surface area contributed by atoms with Crippen molar-refractivity contribution in [3.05, 3.63) is 65.6 Å². The monoisotopic (exact) mass is 293 g/mol. The second-order valence-electron chi connectivity index (χ2n) is 5.01. The molecule has 5 nitrogen and oxygen atoms in total. The molecule has 1 aromatic carbocycles. The molecule has 0 spiro atoms. The summed E-state index contributed by atoms with van der Waals surface area (Å²) in [4.78, 5) is 20.4. The number of hydrogen-bond acceptors (Lipinski definition) is 4. The highest BCUT2D eigenvalue weighted by Crippen LogP contribution is 2.24. The van der Waals surface area contributed by atoms with Gasteiger partial charge in [-0.05, 0) is 30.2 Å². The zero-order valence-electron chi connectivity index (χ0n) is 12.1. The standard InChI is InChI=1S/C17H15N3O2/c1-11-5-2-3-6-12(11)9-20-17(22)15-16(21)14-13(10-19-15)7-4-8-18-14/h2-8,10,21H,9H2,1H3,(H,20,22). The Morgan fingerprint density at radius 1 is 1.18 bits per heavy atom. The lowest BCUT2D eigenvalue weighted by Gasteiger charge is -2.09. The van der Waals surface area contributed by atoms with Gasteiger partial charge in [0.1, 0.15) is 5.52 Å². The molecule has 22 heavy (non-hydrogen) atoms. The molecule has 1 amide bonds. The van der Waals surface area contributed by atoms with Crippen LogP contribution in [0.2, 0.25) is 0 Å². The van der Waals surface area contributed by atoms with Crippen LogP contribution in [0.1, 0.15) is 21.6 Å². The van der Waals surface area contributed by atoms with Crippen LogP contribution in [0.15, 0.2) is 48.8 Å². The number of aromatic hydroxyl groups is 1. The Morgan fingerprint density at radius 2 is 2.00 bits per heavy atom. The van der Waals surface area contributed by atoms with Crippen LogP contribution < -0.4 is 5.32 Å². The lowest BCUT2D eigenvalue weighted by molar-refractivity contribution is 0.0943. The van der Waals surface area contributed by atoms with Crippen LogP contribution in [-0.4, -0.2) is 21.0 Å². The number of aromatic nitrogens is 2. The SMILES string of the molecule is Cc1ccccc1CNC(=O)c1ncc2cccnc2c1O. The van der Waals surface area contributed by atoms with Crippen LogP contribution in [-0.2, 0) is 6.54 Å². The number of pyridine rings is 2. The van der Waals surface area contributed by atoms with E-state index in [2.05, 4.69) is 15.3 Å². The molecule has 2 heterocycles. The Balaban J connectivity index is 1.84. The minimum absolute atomic E-state index is 0.0141. The van der Waals surface area contributed by atoms with Gasteiger partial charge in [-0.25, -0.2) is 4.98 Å². The number of carbonyl (C=O) groups excluding carboxylic acids is 1. The Kier molecular flexibility index (Phi) is 3.70. The summed E-state index contributed by atoms with van der Waals surface area (Å²) in [5.41, 5.74) is 2.48. The summed E-state index contributed by atoms with van der Waals surface area (Å²) in [6, 6.07) is 11.3. The summed E-state index contributed by atoms with van der Waals surface area (Å²) >= 11 is 0. The first-order valence-electron chi connectivity index (χ1n) is 6.92. The number of nitrogens with zero attached hydrogens (tertiary/aromatic N) is 2. The molecule has 0 bridgehead atoms. The van der Waals surface area contributed by atoms with Crippen LogP contribution in [0.3, 0.4) is 0 Å². The topological polar surface area (TPSA) is 75.1 Å². The van der Waals surface area contributed by atoms with E-state index in [1.54, 1.807) is 18.3 Å². The molecule has 0 saturated heterocycles. The van der Waals surface area contributed by atoms with Crippen molar-refractivity contribution in [2.75, 3.05) is 0 Å². The second kappa shape index (κ2) is 5.81. The quantitative estimate of drug-likeness (QED) is 0.778. The molecule has 0 fully saturated rings. The molecule has 3 aromatic rings. The molecule has 3 rings (SSSR count). The van der Waals surface area contributed by atoms with Gasteiger partial charge < -0.3 is 10.4 Å². The summed E-state index contributed by atoms with van der Waals surface area (Å²) < 4.78 is 0. The van der Waals surface area contributed by atoms with Gasteiger partial charge in [0, 0.05) is 24.3 Å². The van der Waals surface area contributed by atoms with Crippen molar-refractivity contribution >= 4 is 16.8 Å². The predicted molar refractivity (Wildman–Crippen MR) is 83.6 cm³/mol. The van der Waals surface area contributed by atoms with Crippen molar-refractivity contribution < 1.29 is 9.90 Å². The number of fused-ring (bicyclic) bond motifs is 1. The van der Waals surface area contributed by atoms with E-state index in [1.165, 1.54) is 6.20 Å². The average Bonchev–Trinajstić information content (AvgIpc) is 2.54. The zero-order valence-corrected chi connectivity index (χ0v) is 12.1. The van der Waals surface area contributed by atoms with Gasteiger partial charge in [0.05, 0.1) is 0 Å². The molecule has 0 aliphatic rings. The number of carbonyl (C=O) groups is 1. The molecule has 0 saturated carbocycles. The zero-order chi connectivity index (χ0) is 15.5. The fourth-order valence-electron chi connectivity index (χ4n) is 2.26. The third kappa shape index (κ3) is 2.61. The summed E-state index contributed by atoms with van der Waals surface area (Å²) in [5.74, 6) is -0.617. The van der Waals surface area contributed by atoms with E-state index in [1.807, 2.05) is 31.2 Å². The first-order valence-corrected chi connectivity index (χ1v) is 6.92. The van der Waals surface area contributed by atoms with Crippen molar-refractivity contribution in [2.45, 2.75) is 13.5 Å². The van der Waals surface area contributed by atoms with E-state index in [9.17, 15) is 9.90 Å². The lowest BCUT2D eigenvalue weighted by Crippen LogP contribution is -2.24. The lowest BCUT2D eigenvalue weighted by atomic mass is 10.1. The van der Waals surface area contributed by atoms with E-state index in [0.717, 1.165) is 11.1 Å². The van der Waals surface area contributed by atoms with Crippen molar-refractivity contribution in [3.63, 3.8) is 0 Å². The number of benzene rings is 1. The normalized spacial score (nSPS) is 10.6. The molecule has 2 aromatic heterocycles. The van der Waals surface area contributed by atoms with Gasteiger partial charge in [0.25, 0.3) is 5.91 Å². The molecule has 5 heteroatoms. The molecule has 0 atom stereocenters. The number of aryl methyl sites for hydroxylation is 1. The maximum Gasteiger partial charge on any atom is 0.274 e.